The Morgan fingerprint density at radius 2 is 1.62 bits per heavy atom. The molecule has 1 amide bonds. The molecular formula is C22H25N5O2. The molecule has 1 aliphatic heterocycles. The molecule has 1 saturated heterocycles. The monoisotopic (exact) mass is 391 g/mol. The largest absolute Gasteiger partial charge is 0.447 e. The van der Waals surface area contributed by atoms with Crippen LogP contribution in [0.1, 0.15) is 27.5 Å². The zero-order chi connectivity index (χ0) is 19.9. The molecule has 2 aromatic heterocycles. The lowest BCUT2D eigenvalue weighted by atomic mass is 10.2. The minimum atomic E-state index is -0.232. The van der Waals surface area contributed by atoms with Crippen molar-refractivity contribution in [1.82, 2.24) is 25.1 Å². The summed E-state index contributed by atoms with van der Waals surface area (Å²) in [5, 5.41) is 2.85. The highest BCUT2D eigenvalue weighted by molar-refractivity contribution is 5.91. The third kappa shape index (κ3) is 5.49. The van der Waals surface area contributed by atoms with Crippen LogP contribution in [0.5, 0.6) is 0 Å². The molecule has 7 heteroatoms. The van der Waals surface area contributed by atoms with Crippen LogP contribution in [-0.4, -0.2) is 51.9 Å². The Bertz CT molecular complexity index is 905. The quantitative estimate of drug-likeness (QED) is 0.666. The highest BCUT2D eigenvalue weighted by Gasteiger charge is 2.20. The molecule has 1 fully saturated rings. The topological polar surface area (TPSA) is 74.5 Å². The summed E-state index contributed by atoms with van der Waals surface area (Å²) in [7, 11) is 0. The molecule has 29 heavy (non-hydrogen) atoms. The van der Waals surface area contributed by atoms with Crippen molar-refractivity contribution in [2.75, 3.05) is 26.2 Å². The predicted octanol–water partition coefficient (Wildman–Crippen LogP) is 2.32. The van der Waals surface area contributed by atoms with E-state index in [0.717, 1.165) is 38.3 Å². The average molecular weight is 391 g/mol. The zero-order valence-electron chi connectivity index (χ0n) is 16.3. The number of hydrogen-bond donors (Lipinski definition) is 1. The highest BCUT2D eigenvalue weighted by atomic mass is 16.3. The molecule has 0 unspecified atom stereocenters. The number of carbonyl (C=O) groups excluding carboxylic acids is 1. The Morgan fingerprint density at radius 1 is 0.931 bits per heavy atom. The van der Waals surface area contributed by atoms with Gasteiger partial charge in [0.25, 0.3) is 5.91 Å². The lowest BCUT2D eigenvalue weighted by molar-refractivity contribution is 0.0945. The molecule has 7 nitrogen and oxygen atoms in total. The first-order valence-electron chi connectivity index (χ1n) is 9.86. The number of nitrogens with zero attached hydrogens (tertiary/aromatic N) is 4. The number of amides is 1. The molecule has 0 saturated carbocycles. The van der Waals surface area contributed by atoms with Gasteiger partial charge in [0.15, 0.2) is 5.69 Å². The smallest absolute Gasteiger partial charge is 0.273 e. The van der Waals surface area contributed by atoms with E-state index in [1.54, 1.807) is 12.4 Å². The lowest BCUT2D eigenvalue weighted by Crippen LogP contribution is -2.45. The third-order valence-electron chi connectivity index (χ3n) is 5.06. The van der Waals surface area contributed by atoms with Gasteiger partial charge in [0.05, 0.1) is 6.54 Å². The van der Waals surface area contributed by atoms with Crippen LogP contribution in [0.4, 0.5) is 0 Å². The fourth-order valence-electron chi connectivity index (χ4n) is 3.40. The van der Waals surface area contributed by atoms with E-state index >= 15 is 0 Å². The van der Waals surface area contributed by atoms with Crippen LogP contribution < -0.4 is 5.32 Å². The van der Waals surface area contributed by atoms with Crippen LogP contribution in [-0.2, 0) is 19.6 Å². The SMILES string of the molecule is O=C(NCc1ccncc1)c1coc(CN2CCN(Cc3ccccc3)CC2)n1. The van der Waals surface area contributed by atoms with E-state index in [4.69, 9.17) is 4.42 Å². The number of hydrogen-bond acceptors (Lipinski definition) is 6. The highest BCUT2D eigenvalue weighted by Crippen LogP contribution is 2.12. The molecule has 1 aliphatic rings. The molecule has 4 rings (SSSR count). The predicted molar refractivity (Wildman–Crippen MR) is 109 cm³/mol. The Hall–Kier alpha value is -3.03. The van der Waals surface area contributed by atoms with Crippen LogP contribution in [0, 0.1) is 0 Å². The molecule has 0 aliphatic carbocycles. The second kappa shape index (κ2) is 9.45. The summed E-state index contributed by atoms with van der Waals surface area (Å²) in [5.41, 5.74) is 2.65. The van der Waals surface area contributed by atoms with E-state index in [0.29, 0.717) is 24.7 Å². The number of rotatable bonds is 7. The van der Waals surface area contributed by atoms with Gasteiger partial charge in [0.2, 0.25) is 5.89 Å². The van der Waals surface area contributed by atoms with Gasteiger partial charge < -0.3 is 9.73 Å². The second-order valence-corrected chi connectivity index (χ2v) is 7.20. The normalized spacial score (nSPS) is 15.3. The van der Waals surface area contributed by atoms with Crippen LogP contribution in [0.2, 0.25) is 0 Å². The summed E-state index contributed by atoms with van der Waals surface area (Å²) in [5.74, 6) is 0.347. The van der Waals surface area contributed by atoms with Crippen molar-refractivity contribution in [1.29, 1.82) is 0 Å². The molecule has 0 spiro atoms. The van der Waals surface area contributed by atoms with Gasteiger partial charge in [-0.05, 0) is 23.3 Å². The Balaban J connectivity index is 1.23. The van der Waals surface area contributed by atoms with Gasteiger partial charge in [-0.2, -0.15) is 0 Å². The fraction of sp³-hybridized carbons (Fsp3) is 0.318. The zero-order valence-corrected chi connectivity index (χ0v) is 16.3. The standard InChI is InChI=1S/C22H25N5O2/c28-22(24-14-18-6-8-23-9-7-18)20-17-29-21(25-20)16-27-12-10-26(11-13-27)15-19-4-2-1-3-5-19/h1-9,17H,10-16H2,(H,24,28). The number of benzene rings is 1. The van der Waals surface area contributed by atoms with E-state index in [9.17, 15) is 4.79 Å². The number of pyridine rings is 1. The summed E-state index contributed by atoms with van der Waals surface area (Å²) < 4.78 is 5.53. The average Bonchev–Trinajstić information content (AvgIpc) is 3.23. The molecule has 0 atom stereocenters. The number of piperazine rings is 1. The van der Waals surface area contributed by atoms with E-state index < -0.39 is 0 Å². The van der Waals surface area contributed by atoms with Crippen LogP contribution in [0.15, 0.2) is 65.5 Å². The molecule has 3 aromatic rings. The van der Waals surface area contributed by atoms with Crippen LogP contribution >= 0.6 is 0 Å². The van der Waals surface area contributed by atoms with Crippen molar-refractivity contribution in [3.63, 3.8) is 0 Å². The molecule has 3 heterocycles. The van der Waals surface area contributed by atoms with Gasteiger partial charge in [-0.3, -0.25) is 19.6 Å². The Morgan fingerprint density at radius 3 is 2.34 bits per heavy atom. The van der Waals surface area contributed by atoms with Gasteiger partial charge in [0, 0.05) is 51.7 Å². The van der Waals surface area contributed by atoms with Gasteiger partial charge in [-0.1, -0.05) is 30.3 Å². The van der Waals surface area contributed by atoms with Crippen molar-refractivity contribution in [3.8, 4) is 0 Å². The Kier molecular flexibility index (Phi) is 6.29. The second-order valence-electron chi connectivity index (χ2n) is 7.20. The molecule has 150 valence electrons. The minimum absolute atomic E-state index is 0.232. The first-order valence-corrected chi connectivity index (χ1v) is 9.86. The van der Waals surface area contributed by atoms with Crippen molar-refractivity contribution in [2.45, 2.75) is 19.6 Å². The molecule has 0 radical (unpaired) electrons. The lowest BCUT2D eigenvalue weighted by Gasteiger charge is -2.34. The maximum Gasteiger partial charge on any atom is 0.273 e. The minimum Gasteiger partial charge on any atom is -0.447 e. The van der Waals surface area contributed by atoms with Gasteiger partial charge in [-0.15, -0.1) is 0 Å². The number of aromatic nitrogens is 2. The molecule has 1 aromatic carbocycles. The number of carbonyl (C=O) groups is 1. The van der Waals surface area contributed by atoms with Crippen LogP contribution in [0.25, 0.3) is 0 Å². The van der Waals surface area contributed by atoms with E-state index in [1.807, 2.05) is 18.2 Å². The summed E-state index contributed by atoms with van der Waals surface area (Å²) in [6.07, 6.45) is 4.84. The van der Waals surface area contributed by atoms with E-state index in [1.165, 1.54) is 11.8 Å². The van der Waals surface area contributed by atoms with Gasteiger partial charge in [0.1, 0.15) is 6.26 Å². The summed E-state index contributed by atoms with van der Waals surface area (Å²) in [6, 6.07) is 14.3. The third-order valence-corrected chi connectivity index (χ3v) is 5.06. The first kappa shape index (κ1) is 19.3. The number of oxazole rings is 1. The van der Waals surface area contributed by atoms with Crippen molar-refractivity contribution < 1.29 is 9.21 Å². The molecule has 0 bridgehead atoms. The number of nitrogens with one attached hydrogen (secondary N) is 1. The van der Waals surface area contributed by atoms with Gasteiger partial charge in [-0.25, -0.2) is 4.98 Å². The van der Waals surface area contributed by atoms with E-state index in [2.05, 4.69) is 49.4 Å². The first-order chi connectivity index (χ1) is 14.3. The van der Waals surface area contributed by atoms with Gasteiger partial charge >= 0.3 is 0 Å². The maximum atomic E-state index is 12.3. The summed E-state index contributed by atoms with van der Waals surface area (Å²) in [6.45, 7) is 5.97. The van der Waals surface area contributed by atoms with Crippen LogP contribution in [0.3, 0.4) is 0 Å². The fourth-order valence-corrected chi connectivity index (χ4v) is 3.40. The van der Waals surface area contributed by atoms with Crippen molar-refractivity contribution in [3.05, 3.63) is 83.8 Å². The molecular weight excluding hydrogens is 366 g/mol. The van der Waals surface area contributed by atoms with E-state index in [-0.39, 0.29) is 5.91 Å². The Labute approximate surface area is 170 Å². The summed E-state index contributed by atoms with van der Waals surface area (Å²) >= 11 is 0. The maximum absolute atomic E-state index is 12.3. The summed E-state index contributed by atoms with van der Waals surface area (Å²) in [4.78, 5) is 25.4. The van der Waals surface area contributed by atoms with Crippen molar-refractivity contribution >= 4 is 5.91 Å². The molecule has 1 N–H and O–H groups in total. The van der Waals surface area contributed by atoms with Crippen molar-refractivity contribution in [2.24, 2.45) is 0 Å².